The van der Waals surface area contributed by atoms with E-state index in [9.17, 15) is 0 Å². The highest BCUT2D eigenvalue weighted by Gasteiger charge is 1.94. The fourth-order valence-corrected chi connectivity index (χ4v) is 0.591. The predicted molar refractivity (Wildman–Crippen MR) is 30.8 cm³/mol. The third-order valence-corrected chi connectivity index (χ3v) is 1.06. The molecule has 0 unspecified atom stereocenters. The highest BCUT2D eigenvalue weighted by Crippen LogP contribution is 2.03. The molecule has 1 aromatic rings. The molecule has 8 heavy (non-hydrogen) atoms. The van der Waals surface area contributed by atoms with E-state index in [1.54, 1.807) is 13.1 Å². The molecule has 0 amide bonds. The summed E-state index contributed by atoms with van der Waals surface area (Å²) < 4.78 is 4.99. The fourth-order valence-electron chi connectivity index (χ4n) is 0.467. The van der Waals surface area contributed by atoms with E-state index in [0.29, 0.717) is 11.8 Å². The summed E-state index contributed by atoms with van der Waals surface area (Å²) in [6.45, 7) is 1.79. The highest BCUT2D eigenvalue weighted by molar-refractivity contribution is 6.16. The minimum absolute atomic E-state index is 0.404. The largest absolute Gasteiger partial charge is 0.445 e. The summed E-state index contributed by atoms with van der Waals surface area (Å²) in [5, 5.41) is 0. The summed E-state index contributed by atoms with van der Waals surface area (Å²) >= 11 is 5.41. The number of hydrogen-bond donors (Lipinski definition) is 0. The molecule has 0 aliphatic heterocycles. The Bertz CT molecular complexity index is 173. The van der Waals surface area contributed by atoms with Crippen LogP contribution in [0.4, 0.5) is 0 Å². The van der Waals surface area contributed by atoms with E-state index in [0.717, 1.165) is 5.76 Å². The topological polar surface area (TPSA) is 26.0 Å². The monoisotopic (exact) mass is 131 g/mol. The van der Waals surface area contributed by atoms with Gasteiger partial charge in [-0.3, -0.25) is 0 Å². The third kappa shape index (κ3) is 1.01. The van der Waals surface area contributed by atoms with Crippen molar-refractivity contribution in [3.05, 3.63) is 17.8 Å². The zero-order valence-electron chi connectivity index (χ0n) is 4.52. The first-order chi connectivity index (χ1) is 3.83. The normalized spacial score (nSPS) is 9.75. The molecule has 0 aliphatic rings. The van der Waals surface area contributed by atoms with Gasteiger partial charge in [-0.25, -0.2) is 4.98 Å². The lowest BCUT2D eigenvalue weighted by molar-refractivity contribution is 0.490. The molecule has 1 aromatic heterocycles. The van der Waals surface area contributed by atoms with Crippen LogP contribution in [0.2, 0.25) is 0 Å². The van der Waals surface area contributed by atoms with Gasteiger partial charge in [0.1, 0.15) is 5.76 Å². The molecule has 0 radical (unpaired) electrons. The highest BCUT2D eigenvalue weighted by atomic mass is 35.5. The lowest BCUT2D eigenvalue weighted by Crippen LogP contribution is -1.64. The zero-order chi connectivity index (χ0) is 5.98. The number of rotatable bonds is 1. The summed E-state index contributed by atoms with van der Waals surface area (Å²) in [5.41, 5.74) is 0. The molecular formula is C5H6ClNO. The van der Waals surface area contributed by atoms with Crippen LogP contribution in [0.5, 0.6) is 0 Å². The molecule has 2 nitrogen and oxygen atoms in total. The second kappa shape index (κ2) is 2.18. The number of alkyl halides is 1. The Hall–Kier alpha value is -0.500. The van der Waals surface area contributed by atoms with Crippen molar-refractivity contribution in [2.75, 3.05) is 0 Å². The van der Waals surface area contributed by atoms with Crippen LogP contribution < -0.4 is 0 Å². The zero-order valence-corrected chi connectivity index (χ0v) is 5.27. The van der Waals surface area contributed by atoms with Crippen molar-refractivity contribution in [2.24, 2.45) is 0 Å². The molecule has 1 rings (SSSR count). The summed E-state index contributed by atoms with van der Waals surface area (Å²) in [7, 11) is 0. The molecule has 0 spiro atoms. The van der Waals surface area contributed by atoms with Gasteiger partial charge in [-0.05, 0) is 0 Å². The Kier molecular flexibility index (Phi) is 1.53. The Morgan fingerprint density at radius 1 is 1.88 bits per heavy atom. The van der Waals surface area contributed by atoms with E-state index >= 15 is 0 Å². The van der Waals surface area contributed by atoms with E-state index in [4.69, 9.17) is 16.0 Å². The van der Waals surface area contributed by atoms with E-state index in [2.05, 4.69) is 4.98 Å². The number of halogens is 1. The molecule has 0 saturated carbocycles. The molecular weight excluding hydrogens is 126 g/mol. The van der Waals surface area contributed by atoms with Gasteiger partial charge in [-0.15, -0.1) is 11.6 Å². The third-order valence-electron chi connectivity index (χ3n) is 0.801. The first kappa shape index (κ1) is 5.63. The number of aromatic nitrogens is 1. The van der Waals surface area contributed by atoms with E-state index in [-0.39, 0.29) is 0 Å². The number of nitrogens with zero attached hydrogens (tertiary/aromatic N) is 1. The van der Waals surface area contributed by atoms with Gasteiger partial charge in [0.15, 0.2) is 5.89 Å². The van der Waals surface area contributed by atoms with Gasteiger partial charge in [0.05, 0.1) is 12.1 Å². The van der Waals surface area contributed by atoms with Crippen LogP contribution in [0, 0.1) is 6.92 Å². The first-order valence-electron chi connectivity index (χ1n) is 2.30. The molecule has 0 saturated heterocycles. The van der Waals surface area contributed by atoms with Crippen LogP contribution in [0.15, 0.2) is 10.6 Å². The molecule has 0 fully saturated rings. The van der Waals surface area contributed by atoms with Crippen LogP contribution in [-0.2, 0) is 5.88 Å². The van der Waals surface area contributed by atoms with E-state index < -0.39 is 0 Å². The maximum Gasteiger partial charge on any atom is 0.191 e. The van der Waals surface area contributed by atoms with Crippen molar-refractivity contribution in [3.8, 4) is 0 Å². The van der Waals surface area contributed by atoms with Gasteiger partial charge in [0, 0.05) is 6.92 Å². The lowest BCUT2D eigenvalue weighted by atomic mass is 10.6. The van der Waals surface area contributed by atoms with Gasteiger partial charge in [0.25, 0.3) is 0 Å². The van der Waals surface area contributed by atoms with Crippen molar-refractivity contribution in [2.45, 2.75) is 12.8 Å². The second-order valence-corrected chi connectivity index (χ2v) is 1.75. The number of hydrogen-bond acceptors (Lipinski definition) is 2. The van der Waals surface area contributed by atoms with Gasteiger partial charge in [-0.2, -0.15) is 0 Å². The van der Waals surface area contributed by atoms with Crippen LogP contribution in [0.1, 0.15) is 11.7 Å². The van der Waals surface area contributed by atoms with Gasteiger partial charge in [0.2, 0.25) is 0 Å². The molecule has 0 atom stereocenters. The minimum atomic E-state index is 0.404. The smallest absolute Gasteiger partial charge is 0.191 e. The Balaban J connectivity index is 2.84. The molecule has 3 heteroatoms. The Labute approximate surface area is 52.5 Å². The average Bonchev–Trinajstić information content (AvgIpc) is 2.14. The molecule has 0 aliphatic carbocycles. The summed E-state index contributed by atoms with van der Waals surface area (Å²) in [6, 6.07) is 0. The van der Waals surface area contributed by atoms with E-state index in [1.807, 2.05) is 0 Å². The maximum atomic E-state index is 5.41. The second-order valence-electron chi connectivity index (χ2n) is 1.48. The Morgan fingerprint density at radius 2 is 2.62 bits per heavy atom. The van der Waals surface area contributed by atoms with Gasteiger partial charge >= 0.3 is 0 Å². The predicted octanol–water partition coefficient (Wildman–Crippen LogP) is 1.72. The number of oxazole rings is 1. The van der Waals surface area contributed by atoms with Crippen molar-refractivity contribution in [1.82, 2.24) is 4.98 Å². The standard InChI is InChI=1S/C5H6ClNO/c1-4-7-3-5(2-6)8-4/h3H,2H2,1H3. The minimum Gasteiger partial charge on any atom is -0.445 e. The van der Waals surface area contributed by atoms with Crippen LogP contribution in [0.3, 0.4) is 0 Å². The van der Waals surface area contributed by atoms with Crippen molar-refractivity contribution in [3.63, 3.8) is 0 Å². The van der Waals surface area contributed by atoms with Crippen LogP contribution in [0.25, 0.3) is 0 Å². The molecule has 0 aromatic carbocycles. The van der Waals surface area contributed by atoms with Gasteiger partial charge in [-0.1, -0.05) is 0 Å². The summed E-state index contributed by atoms with van der Waals surface area (Å²) in [5.74, 6) is 1.80. The maximum absolute atomic E-state index is 5.41. The SMILES string of the molecule is Cc1ncc(CCl)o1. The molecule has 1 heterocycles. The van der Waals surface area contributed by atoms with Crippen LogP contribution in [-0.4, -0.2) is 4.98 Å². The van der Waals surface area contributed by atoms with Crippen LogP contribution >= 0.6 is 11.6 Å². The number of aryl methyl sites for hydroxylation is 1. The van der Waals surface area contributed by atoms with Crippen molar-refractivity contribution < 1.29 is 4.42 Å². The summed E-state index contributed by atoms with van der Waals surface area (Å²) in [6.07, 6.45) is 1.63. The fraction of sp³-hybridized carbons (Fsp3) is 0.400. The van der Waals surface area contributed by atoms with Crippen molar-refractivity contribution in [1.29, 1.82) is 0 Å². The lowest BCUT2D eigenvalue weighted by Gasteiger charge is -1.79. The van der Waals surface area contributed by atoms with E-state index in [1.165, 1.54) is 0 Å². The quantitative estimate of drug-likeness (QED) is 0.543. The molecule has 0 N–H and O–H groups in total. The first-order valence-corrected chi connectivity index (χ1v) is 2.83. The molecule has 44 valence electrons. The van der Waals surface area contributed by atoms with Crippen molar-refractivity contribution >= 4 is 11.6 Å². The van der Waals surface area contributed by atoms with Gasteiger partial charge < -0.3 is 4.42 Å². The molecule has 0 bridgehead atoms. The summed E-state index contributed by atoms with van der Waals surface area (Å²) in [4.78, 5) is 3.84. The average molecular weight is 132 g/mol. The Morgan fingerprint density at radius 3 is 2.88 bits per heavy atom.